The van der Waals surface area contributed by atoms with Crippen LogP contribution >= 0.6 is 0 Å². The highest BCUT2D eigenvalue weighted by atomic mass is 16.5. The molecular formula is C15H21NO3. The minimum Gasteiger partial charge on any atom is -0.490 e. The molecule has 4 heteroatoms. The van der Waals surface area contributed by atoms with E-state index < -0.39 is 0 Å². The number of aliphatic hydroxyl groups excluding tert-OH is 1. The van der Waals surface area contributed by atoms with Crippen molar-refractivity contribution in [1.29, 1.82) is 0 Å². The highest BCUT2D eigenvalue weighted by Crippen LogP contribution is 2.31. The average Bonchev–Trinajstić information content (AvgIpc) is 2.84. The van der Waals surface area contributed by atoms with Crippen LogP contribution in [0.5, 0.6) is 5.75 Å². The lowest BCUT2D eigenvalue weighted by Gasteiger charge is -2.15. The maximum absolute atomic E-state index is 9.07. The van der Waals surface area contributed by atoms with Crippen molar-refractivity contribution >= 4 is 11.0 Å². The van der Waals surface area contributed by atoms with Gasteiger partial charge in [-0.3, -0.25) is 0 Å². The number of nitrogens with one attached hydrogen (secondary N) is 1. The van der Waals surface area contributed by atoms with E-state index >= 15 is 0 Å². The first-order chi connectivity index (χ1) is 9.15. The lowest BCUT2D eigenvalue weighted by Crippen LogP contribution is -2.31. The summed E-state index contributed by atoms with van der Waals surface area (Å²) in [7, 11) is 0. The number of para-hydroxylation sites is 1. The minimum absolute atomic E-state index is 0.0366. The highest BCUT2D eigenvalue weighted by molar-refractivity contribution is 5.83. The third-order valence-corrected chi connectivity index (χ3v) is 3.06. The second-order valence-corrected chi connectivity index (χ2v) is 4.73. The van der Waals surface area contributed by atoms with E-state index in [1.165, 1.54) is 0 Å². The van der Waals surface area contributed by atoms with Crippen molar-refractivity contribution in [2.24, 2.45) is 0 Å². The van der Waals surface area contributed by atoms with Crippen molar-refractivity contribution in [1.82, 2.24) is 5.32 Å². The van der Waals surface area contributed by atoms with Gasteiger partial charge in [0.1, 0.15) is 5.76 Å². The standard InChI is InChI=1S/C15H21NO3/c1-4-18-13-7-5-6-12-8-14(19-15(12)13)11(3)16-10(2)9-17/h5-8,10-11,16-17H,4,9H2,1-3H3/t10-,11?/m1/s1. The van der Waals surface area contributed by atoms with Gasteiger partial charge in [0.15, 0.2) is 11.3 Å². The lowest BCUT2D eigenvalue weighted by atomic mass is 10.2. The summed E-state index contributed by atoms with van der Waals surface area (Å²) in [4.78, 5) is 0. The van der Waals surface area contributed by atoms with Gasteiger partial charge in [0, 0.05) is 11.4 Å². The molecule has 0 aliphatic rings. The Labute approximate surface area is 113 Å². The Hall–Kier alpha value is -1.52. The molecule has 0 amide bonds. The SMILES string of the molecule is CCOc1cccc2cc(C(C)N[C@H](C)CO)oc12. The normalized spacial score (nSPS) is 14.5. The molecular weight excluding hydrogens is 242 g/mol. The van der Waals surface area contributed by atoms with E-state index in [-0.39, 0.29) is 18.7 Å². The summed E-state index contributed by atoms with van der Waals surface area (Å²) in [6.45, 7) is 6.63. The van der Waals surface area contributed by atoms with Gasteiger partial charge < -0.3 is 19.6 Å². The van der Waals surface area contributed by atoms with Crippen LogP contribution in [0.15, 0.2) is 28.7 Å². The van der Waals surface area contributed by atoms with Gasteiger partial charge >= 0.3 is 0 Å². The van der Waals surface area contributed by atoms with Crippen LogP contribution in [-0.4, -0.2) is 24.4 Å². The summed E-state index contributed by atoms with van der Waals surface area (Å²) in [5.41, 5.74) is 0.782. The summed E-state index contributed by atoms with van der Waals surface area (Å²) in [6.07, 6.45) is 0. The molecule has 1 aromatic carbocycles. The summed E-state index contributed by atoms with van der Waals surface area (Å²) in [5, 5.41) is 13.4. The average molecular weight is 263 g/mol. The van der Waals surface area contributed by atoms with E-state index in [1.807, 2.05) is 45.0 Å². The second kappa shape index (κ2) is 6.08. The van der Waals surface area contributed by atoms with E-state index in [1.54, 1.807) is 0 Å². The zero-order chi connectivity index (χ0) is 13.8. The molecule has 0 spiro atoms. The Kier molecular flexibility index (Phi) is 4.45. The van der Waals surface area contributed by atoms with Crippen LogP contribution in [0.3, 0.4) is 0 Å². The fraction of sp³-hybridized carbons (Fsp3) is 0.467. The van der Waals surface area contributed by atoms with Gasteiger partial charge in [-0.15, -0.1) is 0 Å². The van der Waals surface area contributed by atoms with Crippen LogP contribution in [0, 0.1) is 0 Å². The molecule has 1 heterocycles. The molecule has 104 valence electrons. The Morgan fingerprint density at radius 1 is 1.37 bits per heavy atom. The van der Waals surface area contributed by atoms with Gasteiger partial charge in [0.05, 0.1) is 19.3 Å². The predicted molar refractivity (Wildman–Crippen MR) is 75.5 cm³/mol. The van der Waals surface area contributed by atoms with E-state index in [2.05, 4.69) is 5.32 Å². The number of rotatable bonds is 6. The smallest absolute Gasteiger partial charge is 0.176 e. The molecule has 2 N–H and O–H groups in total. The first-order valence-electron chi connectivity index (χ1n) is 6.67. The second-order valence-electron chi connectivity index (χ2n) is 4.73. The van der Waals surface area contributed by atoms with Crippen molar-refractivity contribution in [2.75, 3.05) is 13.2 Å². The molecule has 0 saturated carbocycles. The third kappa shape index (κ3) is 3.08. The number of ether oxygens (including phenoxy) is 1. The molecule has 2 aromatic rings. The Bertz CT molecular complexity index is 535. The van der Waals surface area contributed by atoms with Crippen LogP contribution in [0.1, 0.15) is 32.6 Å². The van der Waals surface area contributed by atoms with Gasteiger partial charge in [-0.25, -0.2) is 0 Å². The number of hydrogen-bond acceptors (Lipinski definition) is 4. The predicted octanol–water partition coefficient (Wildman–Crippen LogP) is 2.86. The fourth-order valence-corrected chi connectivity index (χ4v) is 2.10. The van der Waals surface area contributed by atoms with Crippen molar-refractivity contribution in [3.63, 3.8) is 0 Å². The van der Waals surface area contributed by atoms with Gasteiger partial charge in [-0.05, 0) is 32.9 Å². The Morgan fingerprint density at radius 2 is 2.16 bits per heavy atom. The van der Waals surface area contributed by atoms with Crippen LogP contribution in [0.4, 0.5) is 0 Å². The molecule has 0 aliphatic carbocycles. The quantitative estimate of drug-likeness (QED) is 0.841. The fourth-order valence-electron chi connectivity index (χ4n) is 2.10. The van der Waals surface area contributed by atoms with Crippen molar-refractivity contribution in [2.45, 2.75) is 32.9 Å². The summed E-state index contributed by atoms with van der Waals surface area (Å²) >= 11 is 0. The molecule has 2 rings (SSSR count). The van der Waals surface area contributed by atoms with Gasteiger partial charge in [-0.2, -0.15) is 0 Å². The minimum atomic E-state index is 0.0366. The maximum Gasteiger partial charge on any atom is 0.176 e. The summed E-state index contributed by atoms with van der Waals surface area (Å²) in [6, 6.07) is 7.97. The van der Waals surface area contributed by atoms with Crippen LogP contribution in [0.2, 0.25) is 0 Å². The first-order valence-corrected chi connectivity index (χ1v) is 6.67. The van der Waals surface area contributed by atoms with Crippen molar-refractivity contribution < 1.29 is 14.3 Å². The van der Waals surface area contributed by atoms with Crippen LogP contribution in [-0.2, 0) is 0 Å². The Morgan fingerprint density at radius 3 is 2.84 bits per heavy atom. The molecule has 19 heavy (non-hydrogen) atoms. The maximum atomic E-state index is 9.07. The van der Waals surface area contributed by atoms with E-state index in [0.717, 1.165) is 22.5 Å². The number of furan rings is 1. The topological polar surface area (TPSA) is 54.6 Å². The first kappa shape index (κ1) is 13.9. The lowest BCUT2D eigenvalue weighted by molar-refractivity contribution is 0.238. The Balaban J connectivity index is 2.28. The number of aliphatic hydroxyl groups is 1. The van der Waals surface area contributed by atoms with Crippen molar-refractivity contribution in [3.05, 3.63) is 30.0 Å². The highest BCUT2D eigenvalue weighted by Gasteiger charge is 2.15. The summed E-state index contributed by atoms with van der Waals surface area (Å²) in [5.74, 6) is 1.62. The van der Waals surface area contributed by atoms with Gasteiger partial charge in [0.25, 0.3) is 0 Å². The molecule has 1 unspecified atom stereocenters. The molecule has 1 aromatic heterocycles. The largest absolute Gasteiger partial charge is 0.490 e. The van der Waals surface area contributed by atoms with Gasteiger partial charge in [-0.1, -0.05) is 12.1 Å². The summed E-state index contributed by atoms with van der Waals surface area (Å²) < 4.78 is 11.5. The molecule has 0 fully saturated rings. The molecule has 0 saturated heterocycles. The zero-order valence-corrected chi connectivity index (χ0v) is 11.6. The van der Waals surface area contributed by atoms with Crippen LogP contribution in [0.25, 0.3) is 11.0 Å². The molecule has 2 atom stereocenters. The number of fused-ring (bicyclic) bond motifs is 1. The molecule has 0 aliphatic heterocycles. The van der Waals surface area contributed by atoms with Crippen molar-refractivity contribution in [3.8, 4) is 5.75 Å². The van der Waals surface area contributed by atoms with E-state index in [4.69, 9.17) is 14.3 Å². The van der Waals surface area contributed by atoms with Gasteiger partial charge in [0.2, 0.25) is 0 Å². The zero-order valence-electron chi connectivity index (χ0n) is 11.6. The molecule has 0 radical (unpaired) electrons. The van der Waals surface area contributed by atoms with E-state index in [0.29, 0.717) is 6.61 Å². The monoisotopic (exact) mass is 263 g/mol. The molecule has 4 nitrogen and oxygen atoms in total. The molecule has 0 bridgehead atoms. The van der Waals surface area contributed by atoms with Crippen LogP contribution < -0.4 is 10.1 Å². The third-order valence-electron chi connectivity index (χ3n) is 3.06. The number of hydrogen-bond donors (Lipinski definition) is 2. The number of benzene rings is 1. The van der Waals surface area contributed by atoms with E-state index in [9.17, 15) is 0 Å².